The average Bonchev–Trinajstić information content (AvgIpc) is 1.97. The third kappa shape index (κ3) is 4.31. The number of phenols is 2. The fraction of sp³-hybridized carbons (Fsp3) is 0. The molecule has 1 rings (SSSR count). The van der Waals surface area contributed by atoms with Gasteiger partial charge in [-0.05, 0) is 12.1 Å². The van der Waals surface area contributed by atoms with Gasteiger partial charge in [0.2, 0.25) is 0 Å². The summed E-state index contributed by atoms with van der Waals surface area (Å²) in [6.07, 6.45) is 0. The summed E-state index contributed by atoms with van der Waals surface area (Å²) in [5.41, 5.74) is 0. The first-order valence-corrected chi connectivity index (χ1v) is 3.42. The maximum Gasteiger partial charge on any atom is 0.324 e. The Morgan fingerprint density at radius 3 is 1.55 bits per heavy atom. The highest BCUT2D eigenvalue weighted by molar-refractivity contribution is 7.16. The van der Waals surface area contributed by atoms with Crippen LogP contribution in [0.25, 0.3) is 0 Å². The van der Waals surface area contributed by atoms with E-state index in [4.69, 9.17) is 19.7 Å². The minimum Gasteiger partial charge on any atom is -0.504 e. The molecule has 0 bridgehead atoms. The largest absolute Gasteiger partial charge is 0.504 e. The summed E-state index contributed by atoms with van der Waals surface area (Å²) >= 11 is 0. The molecule has 0 unspecified atom stereocenters. The molecule has 1 aromatic carbocycles. The molecule has 0 fully saturated rings. The molecule has 0 amide bonds. The Balaban J connectivity index is 0.000000292. The Labute approximate surface area is 65.0 Å². The van der Waals surface area contributed by atoms with Crippen LogP contribution in [0, 0.1) is 0 Å². The van der Waals surface area contributed by atoms with Crippen molar-refractivity contribution in [2.24, 2.45) is 0 Å². The van der Waals surface area contributed by atoms with Gasteiger partial charge in [-0.15, -0.1) is 0 Å². The van der Waals surface area contributed by atoms with Gasteiger partial charge in [0.25, 0.3) is 0 Å². The Morgan fingerprint density at radius 2 is 1.36 bits per heavy atom. The van der Waals surface area contributed by atoms with Crippen molar-refractivity contribution in [3.8, 4) is 11.5 Å². The number of rotatable bonds is 0. The lowest BCUT2D eigenvalue weighted by molar-refractivity contribution is 0.404. The topological polar surface area (TPSA) is 77.8 Å². The molecule has 11 heavy (non-hydrogen) atoms. The van der Waals surface area contributed by atoms with E-state index in [9.17, 15) is 0 Å². The van der Waals surface area contributed by atoms with E-state index in [2.05, 4.69) is 0 Å². The zero-order valence-corrected chi connectivity index (χ0v) is 6.40. The Bertz CT molecular complexity index is 205. The van der Waals surface area contributed by atoms with Crippen LogP contribution < -0.4 is 0 Å². The number of hydrogen-bond acceptors (Lipinski definition) is 3. The minimum atomic E-state index is -0.833. The summed E-state index contributed by atoms with van der Waals surface area (Å²) in [5, 5.41) is 17.3. The quantitative estimate of drug-likeness (QED) is 0.409. The first-order valence-electron chi connectivity index (χ1n) is 2.66. The van der Waals surface area contributed by atoms with E-state index in [0.717, 1.165) is 0 Å². The van der Waals surface area contributed by atoms with Gasteiger partial charge in [-0.1, -0.05) is 12.1 Å². The summed E-state index contributed by atoms with van der Waals surface area (Å²) in [6, 6.07) is 6.15. The summed E-state index contributed by atoms with van der Waals surface area (Å²) < 4.78 is 8.46. The third-order valence-electron chi connectivity index (χ3n) is 0.882. The van der Waals surface area contributed by atoms with Crippen molar-refractivity contribution in [2.75, 3.05) is 0 Å². The molecule has 0 aliphatic heterocycles. The van der Waals surface area contributed by atoms with Gasteiger partial charge in [0.1, 0.15) is 0 Å². The van der Waals surface area contributed by atoms with E-state index in [1.54, 1.807) is 12.1 Å². The van der Waals surface area contributed by atoms with Crippen LogP contribution in [0.2, 0.25) is 0 Å². The van der Waals surface area contributed by atoms with Gasteiger partial charge in [-0.2, -0.15) is 0 Å². The maximum absolute atomic E-state index is 8.67. The number of hydrogen-bond donors (Lipinski definition) is 3. The molecule has 1 aromatic rings. The van der Waals surface area contributed by atoms with E-state index in [-0.39, 0.29) is 11.5 Å². The highest BCUT2D eigenvalue weighted by Crippen LogP contribution is 2.21. The highest BCUT2D eigenvalue weighted by atomic mass is 31.1. The van der Waals surface area contributed by atoms with E-state index >= 15 is 0 Å². The lowest BCUT2D eigenvalue weighted by Gasteiger charge is -1.91. The van der Waals surface area contributed by atoms with E-state index in [1.807, 2.05) is 0 Å². The normalized spacial score (nSPS) is 8.45. The monoisotopic (exact) mass is 174 g/mol. The molecule has 0 aromatic heterocycles. The van der Waals surface area contributed by atoms with E-state index in [0.29, 0.717) is 0 Å². The summed E-state index contributed by atoms with van der Waals surface area (Å²) in [6.45, 7) is 0. The molecular weight excluding hydrogens is 167 g/mol. The van der Waals surface area contributed by atoms with Gasteiger partial charge in [-0.3, -0.25) is 0 Å². The SMILES string of the molecule is O=PO.Oc1ccccc1O. The second kappa shape index (κ2) is 5.65. The summed E-state index contributed by atoms with van der Waals surface area (Å²) in [5.74, 6) is -0.153. The number of aromatic hydroxyl groups is 2. The van der Waals surface area contributed by atoms with Crippen molar-refractivity contribution >= 4 is 8.69 Å². The lowest BCUT2D eigenvalue weighted by Crippen LogP contribution is -1.63. The smallest absolute Gasteiger partial charge is 0.324 e. The van der Waals surface area contributed by atoms with Crippen LogP contribution >= 0.6 is 8.69 Å². The summed E-state index contributed by atoms with van der Waals surface area (Å²) in [4.78, 5) is 6.99. The highest BCUT2D eigenvalue weighted by Gasteiger charge is 1.90. The molecule has 0 saturated carbocycles. The van der Waals surface area contributed by atoms with Gasteiger partial charge < -0.3 is 15.1 Å². The second-order valence-corrected chi connectivity index (χ2v) is 1.73. The second-order valence-electron chi connectivity index (χ2n) is 1.57. The van der Waals surface area contributed by atoms with Crippen LogP contribution in [0.5, 0.6) is 11.5 Å². The minimum absolute atomic E-state index is 0.0764. The number of benzene rings is 1. The predicted octanol–water partition coefficient (Wildman–Crippen LogP) is 1.28. The molecular formula is C6H7O4P. The van der Waals surface area contributed by atoms with Crippen molar-refractivity contribution in [3.63, 3.8) is 0 Å². The van der Waals surface area contributed by atoms with Gasteiger partial charge in [0.15, 0.2) is 11.5 Å². The van der Waals surface area contributed by atoms with E-state index in [1.165, 1.54) is 12.1 Å². The van der Waals surface area contributed by atoms with Crippen LogP contribution in [0.15, 0.2) is 24.3 Å². The fourth-order valence-electron chi connectivity index (χ4n) is 0.464. The van der Waals surface area contributed by atoms with Gasteiger partial charge in [0, 0.05) is 0 Å². The lowest BCUT2D eigenvalue weighted by atomic mass is 10.3. The van der Waals surface area contributed by atoms with Crippen molar-refractivity contribution in [1.82, 2.24) is 0 Å². The van der Waals surface area contributed by atoms with Crippen molar-refractivity contribution in [1.29, 1.82) is 0 Å². The van der Waals surface area contributed by atoms with Crippen LogP contribution in [0.4, 0.5) is 0 Å². The first-order chi connectivity index (χ1) is 5.22. The molecule has 0 aliphatic rings. The Hall–Kier alpha value is -1.12. The van der Waals surface area contributed by atoms with Crippen molar-refractivity contribution in [3.05, 3.63) is 24.3 Å². The number of phenolic OH excluding ortho intramolecular Hbond substituents is 2. The van der Waals surface area contributed by atoms with Crippen LogP contribution in [-0.4, -0.2) is 15.1 Å². The fourth-order valence-corrected chi connectivity index (χ4v) is 0.464. The maximum atomic E-state index is 8.67. The molecule has 5 heteroatoms. The van der Waals surface area contributed by atoms with Gasteiger partial charge in [-0.25, -0.2) is 4.57 Å². The average molecular weight is 174 g/mol. The van der Waals surface area contributed by atoms with Crippen molar-refractivity contribution < 1.29 is 19.7 Å². The molecule has 0 aliphatic carbocycles. The zero-order chi connectivity index (χ0) is 8.69. The molecule has 60 valence electrons. The van der Waals surface area contributed by atoms with Gasteiger partial charge in [0.05, 0.1) is 0 Å². The number of para-hydroxylation sites is 2. The first kappa shape index (κ1) is 9.88. The summed E-state index contributed by atoms with van der Waals surface area (Å²) in [7, 11) is -0.833. The molecule has 0 spiro atoms. The van der Waals surface area contributed by atoms with Crippen LogP contribution in [-0.2, 0) is 4.57 Å². The molecule has 4 nitrogen and oxygen atoms in total. The predicted molar refractivity (Wildman–Crippen MR) is 39.6 cm³/mol. The molecule has 0 heterocycles. The van der Waals surface area contributed by atoms with Crippen LogP contribution in [0.1, 0.15) is 0 Å². The molecule has 3 N–H and O–H groups in total. The third-order valence-corrected chi connectivity index (χ3v) is 0.882. The van der Waals surface area contributed by atoms with Crippen LogP contribution in [0.3, 0.4) is 0 Å². The van der Waals surface area contributed by atoms with Crippen molar-refractivity contribution in [2.45, 2.75) is 0 Å². The Morgan fingerprint density at radius 1 is 1.09 bits per heavy atom. The van der Waals surface area contributed by atoms with E-state index < -0.39 is 8.69 Å². The van der Waals surface area contributed by atoms with Gasteiger partial charge >= 0.3 is 8.69 Å². The Kier molecular flexibility index (Phi) is 5.07. The molecule has 0 atom stereocenters. The molecule has 0 saturated heterocycles. The zero-order valence-electron chi connectivity index (χ0n) is 5.51. The standard InChI is InChI=1S/C6H6O2.HO2P/c7-5-3-1-2-4-6(5)8;1-3-2/h1-4,7-8H;(H,1,2). The molecule has 0 radical (unpaired) electrons.